The molecule has 0 radical (unpaired) electrons. The van der Waals surface area contributed by atoms with Crippen molar-refractivity contribution in [3.63, 3.8) is 0 Å². The maximum atomic E-state index is 11.9. The van der Waals surface area contributed by atoms with Crippen LogP contribution in [-0.2, 0) is 0 Å². The summed E-state index contributed by atoms with van der Waals surface area (Å²) in [6.07, 6.45) is 3.78. The number of benzene rings is 1. The van der Waals surface area contributed by atoms with Crippen molar-refractivity contribution in [1.29, 1.82) is 0 Å². The molecule has 0 bridgehead atoms. The largest absolute Gasteiger partial charge is 0.495 e. The van der Waals surface area contributed by atoms with Crippen molar-refractivity contribution in [2.24, 2.45) is 0 Å². The minimum absolute atomic E-state index is 0.110. The molecule has 0 saturated heterocycles. The fourth-order valence-corrected chi connectivity index (χ4v) is 1.99. The quantitative estimate of drug-likeness (QED) is 0.885. The van der Waals surface area contributed by atoms with E-state index in [2.05, 4.69) is 15.6 Å². The average molecular weight is 283 g/mol. The Kier molecular flexibility index (Phi) is 3.73. The van der Waals surface area contributed by atoms with Crippen molar-refractivity contribution in [1.82, 2.24) is 10.3 Å². The second-order valence-electron chi connectivity index (χ2n) is 5.01. The summed E-state index contributed by atoms with van der Waals surface area (Å²) in [7, 11) is 1.63. The third kappa shape index (κ3) is 3.31. The molecule has 5 heteroatoms. The number of nitrogens with zero attached hydrogens (tertiary/aromatic N) is 1. The van der Waals surface area contributed by atoms with Gasteiger partial charge in [0, 0.05) is 6.04 Å². The number of rotatable bonds is 5. The molecule has 2 N–H and O–H groups in total. The Balaban J connectivity index is 1.70. The van der Waals surface area contributed by atoms with Crippen LogP contribution in [0.3, 0.4) is 0 Å². The average Bonchev–Trinajstić information content (AvgIpc) is 3.32. The van der Waals surface area contributed by atoms with Crippen LogP contribution in [0, 0.1) is 0 Å². The highest BCUT2D eigenvalue weighted by atomic mass is 16.5. The normalized spacial score (nSPS) is 13.6. The van der Waals surface area contributed by atoms with Gasteiger partial charge in [-0.2, -0.15) is 0 Å². The van der Waals surface area contributed by atoms with E-state index in [1.54, 1.807) is 19.4 Å². The van der Waals surface area contributed by atoms with Crippen molar-refractivity contribution < 1.29 is 9.53 Å². The maximum Gasteiger partial charge on any atom is 0.270 e. The van der Waals surface area contributed by atoms with Gasteiger partial charge in [-0.25, -0.2) is 4.98 Å². The van der Waals surface area contributed by atoms with Gasteiger partial charge in [0.1, 0.15) is 11.4 Å². The number of pyridine rings is 1. The van der Waals surface area contributed by atoms with Crippen LogP contribution in [-0.4, -0.2) is 24.0 Å². The molecule has 1 fully saturated rings. The third-order valence-corrected chi connectivity index (χ3v) is 3.29. The molecule has 0 atom stereocenters. The first-order chi connectivity index (χ1) is 10.3. The van der Waals surface area contributed by atoms with Crippen LogP contribution in [0.15, 0.2) is 42.6 Å². The summed E-state index contributed by atoms with van der Waals surface area (Å²) < 4.78 is 5.28. The summed E-state index contributed by atoms with van der Waals surface area (Å²) in [6.45, 7) is 0. The Morgan fingerprint density at radius 2 is 2.05 bits per heavy atom. The molecule has 1 saturated carbocycles. The Morgan fingerprint density at radius 1 is 1.24 bits per heavy atom. The van der Waals surface area contributed by atoms with Crippen LogP contribution < -0.4 is 15.4 Å². The smallest absolute Gasteiger partial charge is 0.270 e. The molecule has 2 aromatic rings. The standard InChI is InChI=1S/C16H17N3O2/c1-21-15-5-3-2-4-13(15)18-12-8-9-14(17-10-12)16(20)19-11-6-7-11/h2-5,8-11,18H,6-7H2,1H3,(H,19,20). The fraction of sp³-hybridized carbons (Fsp3) is 0.250. The molecule has 108 valence electrons. The van der Waals surface area contributed by atoms with Gasteiger partial charge in [-0.1, -0.05) is 12.1 Å². The molecule has 5 nitrogen and oxygen atoms in total. The van der Waals surface area contributed by atoms with Gasteiger partial charge >= 0.3 is 0 Å². The molecule has 1 aliphatic rings. The fourth-order valence-electron chi connectivity index (χ4n) is 1.99. The molecule has 0 unspecified atom stereocenters. The van der Waals surface area contributed by atoms with E-state index in [1.807, 2.05) is 30.3 Å². The molecule has 21 heavy (non-hydrogen) atoms. The first kappa shape index (κ1) is 13.4. The third-order valence-electron chi connectivity index (χ3n) is 3.29. The van der Waals surface area contributed by atoms with Gasteiger partial charge in [0.05, 0.1) is 24.7 Å². The Labute approximate surface area is 123 Å². The number of carbonyl (C=O) groups excluding carboxylic acids is 1. The summed E-state index contributed by atoms with van der Waals surface area (Å²) in [6, 6.07) is 11.5. The molecular formula is C16H17N3O2. The molecular weight excluding hydrogens is 266 g/mol. The van der Waals surface area contributed by atoms with Gasteiger partial charge < -0.3 is 15.4 Å². The second kappa shape index (κ2) is 5.83. The minimum Gasteiger partial charge on any atom is -0.495 e. The number of para-hydroxylation sites is 2. The lowest BCUT2D eigenvalue weighted by Gasteiger charge is -2.11. The highest BCUT2D eigenvalue weighted by Gasteiger charge is 2.24. The first-order valence-electron chi connectivity index (χ1n) is 6.93. The number of amides is 1. The number of nitrogens with one attached hydrogen (secondary N) is 2. The van der Waals surface area contributed by atoms with E-state index < -0.39 is 0 Å². The Bertz CT molecular complexity index is 636. The van der Waals surface area contributed by atoms with Crippen LogP contribution in [0.5, 0.6) is 5.75 Å². The highest BCUT2D eigenvalue weighted by molar-refractivity contribution is 5.92. The summed E-state index contributed by atoms with van der Waals surface area (Å²) in [5.74, 6) is 0.648. The predicted molar refractivity (Wildman–Crippen MR) is 81.0 cm³/mol. The lowest BCUT2D eigenvalue weighted by molar-refractivity contribution is 0.0946. The number of carbonyl (C=O) groups is 1. The molecule has 1 aliphatic carbocycles. The lowest BCUT2D eigenvalue weighted by Crippen LogP contribution is -2.26. The van der Waals surface area contributed by atoms with Gasteiger partial charge in [-0.15, -0.1) is 0 Å². The first-order valence-corrected chi connectivity index (χ1v) is 6.93. The van der Waals surface area contributed by atoms with Gasteiger partial charge in [0.25, 0.3) is 5.91 Å². The number of methoxy groups -OCH3 is 1. The second-order valence-corrected chi connectivity index (χ2v) is 5.01. The molecule has 1 aromatic heterocycles. The Morgan fingerprint density at radius 3 is 2.71 bits per heavy atom. The minimum atomic E-state index is -0.110. The summed E-state index contributed by atoms with van der Waals surface area (Å²) in [5.41, 5.74) is 2.10. The van der Waals surface area contributed by atoms with Crippen molar-refractivity contribution in [2.45, 2.75) is 18.9 Å². The number of hydrogen-bond donors (Lipinski definition) is 2. The van der Waals surface area contributed by atoms with E-state index >= 15 is 0 Å². The van der Waals surface area contributed by atoms with Crippen molar-refractivity contribution in [3.05, 3.63) is 48.3 Å². The molecule has 3 rings (SSSR count). The van der Waals surface area contributed by atoms with Crippen LogP contribution in [0.25, 0.3) is 0 Å². The van der Waals surface area contributed by atoms with E-state index in [0.29, 0.717) is 11.7 Å². The maximum absolute atomic E-state index is 11.9. The summed E-state index contributed by atoms with van der Waals surface area (Å²) >= 11 is 0. The molecule has 0 aliphatic heterocycles. The van der Waals surface area contributed by atoms with E-state index in [1.165, 1.54) is 0 Å². The zero-order chi connectivity index (χ0) is 14.7. The molecule has 1 amide bonds. The molecule has 0 spiro atoms. The van der Waals surface area contributed by atoms with Crippen LogP contribution in [0.1, 0.15) is 23.3 Å². The van der Waals surface area contributed by atoms with Crippen molar-refractivity contribution in [3.8, 4) is 5.75 Å². The number of aromatic nitrogens is 1. The number of ether oxygens (including phenoxy) is 1. The Hall–Kier alpha value is -2.56. The van der Waals surface area contributed by atoms with Gasteiger partial charge in [0.2, 0.25) is 0 Å². The van der Waals surface area contributed by atoms with E-state index in [4.69, 9.17) is 4.74 Å². The van der Waals surface area contributed by atoms with E-state index in [0.717, 1.165) is 30.0 Å². The lowest BCUT2D eigenvalue weighted by atomic mass is 10.2. The van der Waals surface area contributed by atoms with Crippen molar-refractivity contribution >= 4 is 17.3 Å². The SMILES string of the molecule is COc1ccccc1Nc1ccc(C(=O)NC2CC2)nc1. The van der Waals surface area contributed by atoms with E-state index in [-0.39, 0.29) is 5.91 Å². The molecule has 1 aromatic carbocycles. The summed E-state index contributed by atoms with van der Waals surface area (Å²) in [4.78, 5) is 16.0. The van der Waals surface area contributed by atoms with Crippen LogP contribution in [0.2, 0.25) is 0 Å². The van der Waals surface area contributed by atoms with Crippen LogP contribution in [0.4, 0.5) is 11.4 Å². The summed E-state index contributed by atoms with van der Waals surface area (Å²) in [5, 5.41) is 6.14. The van der Waals surface area contributed by atoms with Crippen LogP contribution >= 0.6 is 0 Å². The zero-order valence-electron chi connectivity index (χ0n) is 11.8. The van der Waals surface area contributed by atoms with Crippen molar-refractivity contribution in [2.75, 3.05) is 12.4 Å². The van der Waals surface area contributed by atoms with Gasteiger partial charge in [0.15, 0.2) is 0 Å². The molecule has 1 heterocycles. The number of anilines is 2. The van der Waals surface area contributed by atoms with E-state index in [9.17, 15) is 4.79 Å². The highest BCUT2D eigenvalue weighted by Crippen LogP contribution is 2.26. The topological polar surface area (TPSA) is 63.2 Å². The predicted octanol–water partition coefficient (Wildman–Crippen LogP) is 2.73. The zero-order valence-corrected chi connectivity index (χ0v) is 11.8. The monoisotopic (exact) mass is 283 g/mol. The number of hydrogen-bond acceptors (Lipinski definition) is 4. The van der Waals surface area contributed by atoms with Gasteiger partial charge in [-0.05, 0) is 37.1 Å². The van der Waals surface area contributed by atoms with Gasteiger partial charge in [-0.3, -0.25) is 4.79 Å².